The molecule has 0 bridgehead atoms. The Morgan fingerprint density at radius 2 is 1.62 bits per heavy atom. The largest absolute Gasteiger partial charge is 0.276 e. The number of nitrogens with zero attached hydrogens (tertiary/aromatic N) is 1. The van der Waals surface area contributed by atoms with E-state index in [-0.39, 0.29) is 16.0 Å². The lowest BCUT2D eigenvalue weighted by Crippen LogP contribution is -2.36. The van der Waals surface area contributed by atoms with Gasteiger partial charge in [0.2, 0.25) is 0 Å². The molecule has 106 valence electrons. The highest BCUT2D eigenvalue weighted by molar-refractivity contribution is 7.90. The summed E-state index contributed by atoms with van der Waals surface area (Å²) in [6.45, 7) is 1.85. The van der Waals surface area contributed by atoms with Crippen LogP contribution in [0.1, 0.15) is 26.3 Å². The molecule has 3 rings (SSSR count). The smallest absolute Gasteiger partial charge is 0.267 e. The van der Waals surface area contributed by atoms with Crippen molar-refractivity contribution in [3.63, 3.8) is 0 Å². The van der Waals surface area contributed by atoms with Crippen molar-refractivity contribution in [1.29, 1.82) is 0 Å². The zero-order valence-electron chi connectivity index (χ0n) is 11.1. The van der Waals surface area contributed by atoms with Crippen LogP contribution in [0, 0.1) is 6.92 Å². The first-order valence-corrected chi connectivity index (χ1v) is 7.66. The van der Waals surface area contributed by atoms with Gasteiger partial charge in [-0.3, -0.25) is 9.59 Å². The molecule has 1 aliphatic heterocycles. The number of carbonyl (C=O) groups is 2. The van der Waals surface area contributed by atoms with Gasteiger partial charge in [-0.2, -0.15) is 4.31 Å². The third kappa shape index (κ3) is 1.95. The molecular weight excluding hydrogens is 290 g/mol. The molecule has 6 heteroatoms. The minimum Gasteiger partial charge on any atom is -0.267 e. The third-order valence-electron chi connectivity index (χ3n) is 3.30. The number of imide groups is 1. The van der Waals surface area contributed by atoms with Gasteiger partial charge in [0.25, 0.3) is 21.8 Å². The maximum absolute atomic E-state index is 12.4. The lowest BCUT2D eigenvalue weighted by molar-refractivity contribution is 0.0740. The Kier molecular flexibility index (Phi) is 2.91. The number of hydrogen-bond donors (Lipinski definition) is 0. The number of carbonyl (C=O) groups excluding carboxylic acids is 2. The summed E-state index contributed by atoms with van der Waals surface area (Å²) in [7, 11) is -4.12. The highest BCUT2D eigenvalue weighted by Gasteiger charge is 2.45. The number of rotatable bonds is 1. The average molecular weight is 301 g/mol. The fourth-order valence-corrected chi connectivity index (χ4v) is 3.72. The molecule has 0 aliphatic carbocycles. The van der Waals surface area contributed by atoms with Crippen molar-refractivity contribution in [2.45, 2.75) is 11.8 Å². The van der Waals surface area contributed by atoms with E-state index in [1.807, 2.05) is 6.92 Å². The number of hydrogen-bond acceptors (Lipinski definition) is 4. The van der Waals surface area contributed by atoms with Crippen LogP contribution in [-0.4, -0.2) is 24.5 Å². The van der Waals surface area contributed by atoms with Crippen LogP contribution in [0.4, 0.5) is 0 Å². The number of sulfonamides is 1. The van der Waals surface area contributed by atoms with E-state index in [0.717, 1.165) is 5.56 Å². The predicted molar refractivity (Wildman–Crippen MR) is 75.3 cm³/mol. The van der Waals surface area contributed by atoms with E-state index in [2.05, 4.69) is 0 Å². The zero-order chi connectivity index (χ0) is 15.2. The molecule has 5 nitrogen and oxygen atoms in total. The van der Waals surface area contributed by atoms with Gasteiger partial charge in [-0.05, 0) is 31.2 Å². The maximum atomic E-state index is 12.4. The SMILES string of the molecule is Cc1ccc(C(=O)N2C(=O)c3ccccc3S2(=O)=O)cc1. The minimum atomic E-state index is -4.12. The van der Waals surface area contributed by atoms with Gasteiger partial charge in [0, 0.05) is 5.56 Å². The van der Waals surface area contributed by atoms with Crippen LogP contribution in [0.15, 0.2) is 53.4 Å². The highest BCUT2D eigenvalue weighted by atomic mass is 32.2. The Morgan fingerprint density at radius 3 is 2.24 bits per heavy atom. The number of amides is 2. The summed E-state index contributed by atoms with van der Waals surface area (Å²) in [5, 5.41) is 0. The molecule has 0 fully saturated rings. The van der Waals surface area contributed by atoms with E-state index in [9.17, 15) is 18.0 Å². The van der Waals surface area contributed by atoms with Crippen LogP contribution >= 0.6 is 0 Å². The number of aryl methyl sites for hydroxylation is 1. The number of benzene rings is 2. The Labute approximate surface area is 121 Å². The standard InChI is InChI=1S/C15H11NO4S/c1-10-6-8-11(9-7-10)14(17)16-15(18)12-4-2-3-5-13(12)21(16,19)20/h2-9H,1H3. The van der Waals surface area contributed by atoms with Crippen LogP contribution in [0.3, 0.4) is 0 Å². The molecule has 21 heavy (non-hydrogen) atoms. The second-order valence-electron chi connectivity index (χ2n) is 4.74. The van der Waals surface area contributed by atoms with Crippen molar-refractivity contribution < 1.29 is 18.0 Å². The van der Waals surface area contributed by atoms with Gasteiger partial charge in [-0.1, -0.05) is 29.8 Å². The van der Waals surface area contributed by atoms with Crippen molar-refractivity contribution in [1.82, 2.24) is 4.31 Å². The first-order chi connectivity index (χ1) is 9.93. The Morgan fingerprint density at radius 1 is 1.00 bits per heavy atom. The van der Waals surface area contributed by atoms with Gasteiger partial charge in [0.1, 0.15) is 4.90 Å². The predicted octanol–water partition coefficient (Wildman–Crippen LogP) is 1.98. The average Bonchev–Trinajstić information content (AvgIpc) is 2.67. The molecule has 0 spiro atoms. The van der Waals surface area contributed by atoms with E-state index in [1.54, 1.807) is 18.2 Å². The molecule has 1 aliphatic rings. The molecule has 2 amide bonds. The van der Waals surface area contributed by atoms with E-state index in [0.29, 0.717) is 4.31 Å². The molecule has 0 aromatic heterocycles. The summed E-state index contributed by atoms with van der Waals surface area (Å²) in [6.07, 6.45) is 0. The summed E-state index contributed by atoms with van der Waals surface area (Å²) < 4.78 is 25.1. The summed E-state index contributed by atoms with van der Waals surface area (Å²) in [4.78, 5) is 24.5. The van der Waals surface area contributed by atoms with Gasteiger partial charge in [0.15, 0.2) is 0 Å². The van der Waals surface area contributed by atoms with Gasteiger partial charge < -0.3 is 0 Å². The van der Waals surface area contributed by atoms with Gasteiger partial charge in [-0.15, -0.1) is 0 Å². The molecule has 2 aromatic rings. The summed E-state index contributed by atoms with van der Waals surface area (Å²) in [5.74, 6) is -1.65. The fraction of sp³-hybridized carbons (Fsp3) is 0.0667. The topological polar surface area (TPSA) is 71.5 Å². The van der Waals surface area contributed by atoms with E-state index < -0.39 is 21.8 Å². The Bertz CT molecular complexity index is 853. The van der Waals surface area contributed by atoms with Gasteiger partial charge in [-0.25, -0.2) is 8.42 Å². The lowest BCUT2D eigenvalue weighted by atomic mass is 10.1. The molecule has 2 aromatic carbocycles. The van der Waals surface area contributed by atoms with Crippen LogP contribution in [0.25, 0.3) is 0 Å². The first-order valence-electron chi connectivity index (χ1n) is 6.22. The lowest BCUT2D eigenvalue weighted by Gasteiger charge is -2.13. The summed E-state index contributed by atoms with van der Waals surface area (Å²) >= 11 is 0. The minimum absolute atomic E-state index is 0.0259. The molecule has 0 saturated heterocycles. The molecule has 0 N–H and O–H groups in total. The van der Waals surface area contributed by atoms with Gasteiger partial charge >= 0.3 is 0 Å². The van der Waals surface area contributed by atoms with E-state index in [1.165, 1.54) is 30.3 Å². The second-order valence-corrected chi connectivity index (χ2v) is 6.50. The molecule has 1 heterocycles. The van der Waals surface area contributed by atoms with E-state index >= 15 is 0 Å². The van der Waals surface area contributed by atoms with Crippen LogP contribution in [0.2, 0.25) is 0 Å². The van der Waals surface area contributed by atoms with Gasteiger partial charge in [0.05, 0.1) is 5.56 Å². The Balaban J connectivity index is 2.11. The van der Waals surface area contributed by atoms with Crippen LogP contribution in [0.5, 0.6) is 0 Å². The normalized spacial score (nSPS) is 15.9. The summed E-state index contributed by atoms with van der Waals surface area (Å²) in [6, 6.07) is 12.2. The molecule has 0 unspecified atom stereocenters. The maximum Gasteiger partial charge on any atom is 0.276 e. The molecule has 0 radical (unpaired) electrons. The monoisotopic (exact) mass is 301 g/mol. The van der Waals surface area contributed by atoms with Crippen LogP contribution < -0.4 is 0 Å². The second kappa shape index (κ2) is 4.53. The first kappa shape index (κ1) is 13.5. The molecule has 0 saturated carbocycles. The van der Waals surface area contributed by atoms with Crippen molar-refractivity contribution in [3.8, 4) is 0 Å². The molecule has 0 atom stereocenters. The van der Waals surface area contributed by atoms with E-state index in [4.69, 9.17) is 0 Å². The third-order valence-corrected chi connectivity index (χ3v) is 5.03. The van der Waals surface area contributed by atoms with Crippen LogP contribution in [-0.2, 0) is 10.0 Å². The summed E-state index contributed by atoms with van der Waals surface area (Å²) in [5.41, 5.74) is 1.12. The molecular formula is C15H11NO4S. The van der Waals surface area contributed by atoms with Crippen molar-refractivity contribution >= 4 is 21.8 Å². The van der Waals surface area contributed by atoms with Crippen molar-refractivity contribution in [2.24, 2.45) is 0 Å². The number of fused-ring (bicyclic) bond motifs is 1. The van der Waals surface area contributed by atoms with Crippen molar-refractivity contribution in [2.75, 3.05) is 0 Å². The Hall–Kier alpha value is -2.47. The van der Waals surface area contributed by atoms with Crippen molar-refractivity contribution in [3.05, 3.63) is 65.2 Å². The quantitative estimate of drug-likeness (QED) is 0.755. The zero-order valence-corrected chi connectivity index (χ0v) is 11.9. The fourth-order valence-electron chi connectivity index (χ4n) is 2.20. The highest BCUT2D eigenvalue weighted by Crippen LogP contribution is 2.31.